The van der Waals surface area contributed by atoms with Gasteiger partial charge in [-0.2, -0.15) is 0 Å². The van der Waals surface area contributed by atoms with Gasteiger partial charge in [-0.25, -0.2) is 22.0 Å². The van der Waals surface area contributed by atoms with Crippen LogP contribution in [-0.4, -0.2) is 0 Å². The van der Waals surface area contributed by atoms with E-state index in [1.165, 1.54) is 0 Å². The van der Waals surface area contributed by atoms with Crippen molar-refractivity contribution >= 4 is 34.8 Å². The molecule has 0 saturated carbocycles. The Morgan fingerprint density at radius 3 is 1.35 bits per heavy atom. The normalized spacial score (nSPS) is 13.7. The summed E-state index contributed by atoms with van der Waals surface area (Å²) in [6.07, 6.45) is 0.410. The minimum absolute atomic E-state index is 0.205. The lowest BCUT2D eigenvalue weighted by Gasteiger charge is -2.19. The molecule has 0 nitrogen and oxygen atoms in total. The first kappa shape index (κ1) is 21.2. The Kier molecular flexibility index (Phi) is 4.93. The van der Waals surface area contributed by atoms with Gasteiger partial charge in [0.05, 0.1) is 5.30 Å². The molecule has 1 aliphatic heterocycles. The van der Waals surface area contributed by atoms with Gasteiger partial charge in [-0.05, 0) is 56.1 Å². The molecular formula is C28H16F5P. The largest absolute Gasteiger partial charge is 0.203 e. The van der Waals surface area contributed by atoms with Gasteiger partial charge in [0.25, 0.3) is 0 Å². The Bertz CT molecular complexity index is 1510. The van der Waals surface area contributed by atoms with E-state index in [0.29, 0.717) is 0 Å². The summed E-state index contributed by atoms with van der Waals surface area (Å²) in [4.78, 5) is 0. The van der Waals surface area contributed by atoms with Gasteiger partial charge in [0.1, 0.15) is 0 Å². The average molecular weight is 478 g/mol. The maximum absolute atomic E-state index is 14.9. The minimum atomic E-state index is -2.12. The van der Waals surface area contributed by atoms with Gasteiger partial charge < -0.3 is 0 Å². The fourth-order valence-corrected chi connectivity index (χ4v) is 7.51. The standard InChI is InChI=1S/C28H16F5P/c29-23-24(30)26(32)28(27(33)25(23)31)34-13-17-11-9-15-5-1-3-7-19(15)21(17)22-18(14-34)12-10-16-6-2-4-8-20(16)22/h1-12H,13-14H2. The molecule has 168 valence electrons. The summed E-state index contributed by atoms with van der Waals surface area (Å²) < 4.78 is 71.7. The highest BCUT2D eigenvalue weighted by Crippen LogP contribution is 2.53. The molecule has 0 radical (unpaired) electrons. The van der Waals surface area contributed by atoms with Crippen LogP contribution < -0.4 is 5.30 Å². The van der Waals surface area contributed by atoms with Gasteiger partial charge >= 0.3 is 0 Å². The zero-order chi connectivity index (χ0) is 23.6. The summed E-state index contributed by atoms with van der Waals surface area (Å²) in [5.74, 6) is -9.36. The Hall–Kier alpha value is -3.30. The van der Waals surface area contributed by atoms with Crippen molar-refractivity contribution in [3.05, 3.63) is 113 Å². The van der Waals surface area contributed by atoms with Crippen LogP contribution in [0.4, 0.5) is 22.0 Å². The number of rotatable bonds is 1. The number of hydrogen-bond acceptors (Lipinski definition) is 0. The molecule has 34 heavy (non-hydrogen) atoms. The molecule has 1 aliphatic rings. The summed E-state index contributed by atoms with van der Waals surface area (Å²) in [7, 11) is -1.76. The molecule has 0 unspecified atom stereocenters. The van der Waals surface area contributed by atoms with Gasteiger partial charge in [-0.15, -0.1) is 0 Å². The van der Waals surface area contributed by atoms with Crippen molar-refractivity contribution in [3.63, 3.8) is 0 Å². The number of fused-ring (bicyclic) bond motifs is 7. The average Bonchev–Trinajstić information content (AvgIpc) is 3.03. The number of halogens is 5. The quantitative estimate of drug-likeness (QED) is 0.0987. The third-order valence-electron chi connectivity index (χ3n) is 6.51. The van der Waals surface area contributed by atoms with Crippen molar-refractivity contribution in [3.8, 4) is 11.1 Å². The fraction of sp³-hybridized carbons (Fsp3) is 0.0714. The molecule has 6 heteroatoms. The Morgan fingerprint density at radius 2 is 0.882 bits per heavy atom. The van der Waals surface area contributed by atoms with Crippen LogP contribution in [0.25, 0.3) is 32.7 Å². The summed E-state index contributed by atoms with van der Waals surface area (Å²) >= 11 is 0. The predicted molar refractivity (Wildman–Crippen MR) is 127 cm³/mol. The van der Waals surface area contributed by atoms with Crippen LogP contribution >= 0.6 is 7.92 Å². The van der Waals surface area contributed by atoms with Crippen LogP contribution in [0.5, 0.6) is 0 Å². The predicted octanol–water partition coefficient (Wildman–Crippen LogP) is 8.18. The number of hydrogen-bond donors (Lipinski definition) is 0. The molecule has 0 saturated heterocycles. The smallest absolute Gasteiger partial charge is 0.200 e. The van der Waals surface area contributed by atoms with E-state index in [9.17, 15) is 22.0 Å². The van der Waals surface area contributed by atoms with Crippen molar-refractivity contribution in [1.29, 1.82) is 0 Å². The van der Waals surface area contributed by atoms with Crippen molar-refractivity contribution in [1.82, 2.24) is 0 Å². The maximum Gasteiger partial charge on any atom is 0.200 e. The SMILES string of the molecule is Fc1c(F)c(F)c(P2Cc3ccc4ccccc4c3-c3c(ccc4ccccc34)C2)c(F)c1F. The molecule has 0 spiro atoms. The van der Waals surface area contributed by atoms with Gasteiger partial charge in [0.15, 0.2) is 23.3 Å². The summed E-state index contributed by atoms with van der Waals surface area (Å²) in [5, 5.41) is 3.33. The van der Waals surface area contributed by atoms with Gasteiger partial charge in [-0.3, -0.25) is 0 Å². The van der Waals surface area contributed by atoms with Crippen LogP contribution in [0.1, 0.15) is 11.1 Å². The van der Waals surface area contributed by atoms with Gasteiger partial charge in [0.2, 0.25) is 5.82 Å². The molecule has 5 aromatic carbocycles. The first-order chi connectivity index (χ1) is 16.5. The highest BCUT2D eigenvalue weighted by atomic mass is 31.1. The fourth-order valence-electron chi connectivity index (χ4n) is 4.98. The molecule has 6 rings (SSSR count). The van der Waals surface area contributed by atoms with Crippen molar-refractivity contribution in [2.75, 3.05) is 0 Å². The van der Waals surface area contributed by atoms with E-state index < -0.39 is 42.3 Å². The van der Waals surface area contributed by atoms with E-state index in [0.717, 1.165) is 43.8 Å². The van der Waals surface area contributed by atoms with Crippen molar-refractivity contribution < 1.29 is 22.0 Å². The van der Waals surface area contributed by atoms with E-state index in [1.807, 2.05) is 72.8 Å². The monoisotopic (exact) mass is 478 g/mol. The van der Waals surface area contributed by atoms with Crippen LogP contribution in [0, 0.1) is 29.1 Å². The summed E-state index contributed by atoms with van der Waals surface area (Å²) in [6, 6.07) is 23.5. The molecule has 5 aromatic rings. The second-order valence-corrected chi connectivity index (χ2v) is 10.6. The first-order valence-corrected chi connectivity index (χ1v) is 12.4. The van der Waals surface area contributed by atoms with Gasteiger partial charge in [0, 0.05) is 0 Å². The summed E-state index contributed by atoms with van der Waals surface area (Å²) in [5.41, 5.74) is 3.59. The third kappa shape index (κ3) is 3.07. The Morgan fingerprint density at radius 1 is 0.471 bits per heavy atom. The zero-order valence-corrected chi connectivity index (χ0v) is 18.6. The maximum atomic E-state index is 14.9. The lowest BCUT2D eigenvalue weighted by Crippen LogP contribution is -2.20. The Balaban J connectivity index is 1.70. The van der Waals surface area contributed by atoms with Crippen molar-refractivity contribution in [2.45, 2.75) is 12.3 Å². The second kappa shape index (κ2) is 7.89. The molecule has 0 N–H and O–H groups in total. The lowest BCUT2D eigenvalue weighted by atomic mass is 9.88. The van der Waals surface area contributed by atoms with E-state index in [2.05, 4.69) is 0 Å². The Labute approximate surface area is 193 Å². The molecule has 0 bridgehead atoms. The van der Waals surface area contributed by atoms with Crippen LogP contribution in [-0.2, 0) is 12.3 Å². The molecule has 0 aliphatic carbocycles. The minimum Gasteiger partial charge on any atom is -0.203 e. The lowest BCUT2D eigenvalue weighted by molar-refractivity contribution is 0.384. The second-order valence-electron chi connectivity index (χ2n) is 8.42. The molecule has 0 amide bonds. The van der Waals surface area contributed by atoms with Gasteiger partial charge in [-0.1, -0.05) is 80.7 Å². The highest BCUT2D eigenvalue weighted by Gasteiger charge is 2.33. The zero-order valence-electron chi connectivity index (χ0n) is 17.7. The molecule has 1 heterocycles. The number of benzene rings is 5. The van der Waals surface area contributed by atoms with E-state index in [4.69, 9.17) is 0 Å². The van der Waals surface area contributed by atoms with E-state index in [-0.39, 0.29) is 12.3 Å². The van der Waals surface area contributed by atoms with Crippen LogP contribution in [0.3, 0.4) is 0 Å². The van der Waals surface area contributed by atoms with Crippen LogP contribution in [0.2, 0.25) is 0 Å². The van der Waals surface area contributed by atoms with Crippen LogP contribution in [0.15, 0.2) is 72.8 Å². The van der Waals surface area contributed by atoms with E-state index >= 15 is 0 Å². The summed E-state index contributed by atoms with van der Waals surface area (Å²) in [6.45, 7) is 0. The molecule has 0 atom stereocenters. The molecule has 0 aromatic heterocycles. The molecular weight excluding hydrogens is 462 g/mol. The van der Waals surface area contributed by atoms with E-state index in [1.54, 1.807) is 0 Å². The first-order valence-electron chi connectivity index (χ1n) is 10.7. The third-order valence-corrected chi connectivity index (χ3v) is 8.98. The highest BCUT2D eigenvalue weighted by molar-refractivity contribution is 7.64. The topological polar surface area (TPSA) is 0 Å². The van der Waals surface area contributed by atoms with Crippen molar-refractivity contribution in [2.24, 2.45) is 0 Å². The molecule has 0 fully saturated rings.